The minimum absolute atomic E-state index is 0.132. The number of nitrogens with zero attached hydrogens (tertiary/aromatic N) is 1. The quantitative estimate of drug-likeness (QED) is 0.871. The van der Waals surface area contributed by atoms with Crippen LogP contribution in [0.3, 0.4) is 0 Å². The van der Waals surface area contributed by atoms with Gasteiger partial charge in [0.25, 0.3) is 0 Å². The molecule has 0 aliphatic carbocycles. The van der Waals surface area contributed by atoms with E-state index in [0.29, 0.717) is 12.8 Å². The topological polar surface area (TPSA) is 52.9 Å². The highest BCUT2D eigenvalue weighted by atomic mass is 19.1. The highest BCUT2D eigenvalue weighted by molar-refractivity contribution is 5.79. The van der Waals surface area contributed by atoms with E-state index >= 15 is 0 Å². The highest BCUT2D eigenvalue weighted by Crippen LogP contribution is 2.17. The zero-order valence-electron chi connectivity index (χ0n) is 10.6. The molecule has 0 aliphatic rings. The SMILES string of the molecule is CCC(CC)C(=O)NC(C#N)c1ccccc1F. The number of hydrogen-bond acceptors (Lipinski definition) is 2. The van der Waals surface area contributed by atoms with Crippen LogP contribution in [-0.2, 0) is 4.79 Å². The summed E-state index contributed by atoms with van der Waals surface area (Å²) in [6.45, 7) is 3.83. The Morgan fingerprint density at radius 2 is 2.00 bits per heavy atom. The maximum atomic E-state index is 13.5. The van der Waals surface area contributed by atoms with E-state index in [4.69, 9.17) is 5.26 Å². The molecule has 0 radical (unpaired) electrons. The molecule has 1 aromatic rings. The number of hydrogen-bond donors (Lipinski definition) is 1. The van der Waals surface area contributed by atoms with Gasteiger partial charge in [-0.1, -0.05) is 32.0 Å². The fourth-order valence-electron chi connectivity index (χ4n) is 1.81. The third-order valence-corrected chi connectivity index (χ3v) is 2.99. The van der Waals surface area contributed by atoms with Gasteiger partial charge < -0.3 is 5.32 Å². The Morgan fingerprint density at radius 3 is 2.50 bits per heavy atom. The maximum Gasteiger partial charge on any atom is 0.224 e. The van der Waals surface area contributed by atoms with Crippen LogP contribution in [0.25, 0.3) is 0 Å². The van der Waals surface area contributed by atoms with Crippen molar-refractivity contribution in [1.82, 2.24) is 5.32 Å². The number of carbonyl (C=O) groups excluding carboxylic acids is 1. The molecular weight excluding hydrogens is 231 g/mol. The molecule has 4 heteroatoms. The van der Waals surface area contributed by atoms with E-state index < -0.39 is 11.9 Å². The van der Waals surface area contributed by atoms with Gasteiger partial charge in [-0.25, -0.2) is 4.39 Å². The lowest BCUT2D eigenvalue weighted by molar-refractivity contribution is -0.125. The lowest BCUT2D eigenvalue weighted by Crippen LogP contribution is -2.33. The van der Waals surface area contributed by atoms with Crippen LogP contribution in [0.15, 0.2) is 24.3 Å². The van der Waals surface area contributed by atoms with Crippen molar-refractivity contribution < 1.29 is 9.18 Å². The Balaban J connectivity index is 2.84. The first kappa shape index (κ1) is 14.2. The smallest absolute Gasteiger partial charge is 0.224 e. The molecular formula is C14H17FN2O. The summed E-state index contributed by atoms with van der Waals surface area (Å²) in [5, 5.41) is 11.6. The van der Waals surface area contributed by atoms with Crippen molar-refractivity contribution >= 4 is 5.91 Å². The van der Waals surface area contributed by atoms with Gasteiger partial charge in [0, 0.05) is 11.5 Å². The second kappa shape index (κ2) is 6.75. The summed E-state index contributed by atoms with van der Waals surface area (Å²) in [5.41, 5.74) is 0.208. The van der Waals surface area contributed by atoms with Crippen LogP contribution < -0.4 is 5.32 Å². The van der Waals surface area contributed by atoms with E-state index in [9.17, 15) is 9.18 Å². The summed E-state index contributed by atoms with van der Waals surface area (Å²) in [6.07, 6.45) is 1.41. The van der Waals surface area contributed by atoms with Gasteiger partial charge in [0.2, 0.25) is 5.91 Å². The highest BCUT2D eigenvalue weighted by Gasteiger charge is 2.21. The number of benzene rings is 1. The minimum Gasteiger partial charge on any atom is -0.336 e. The van der Waals surface area contributed by atoms with Crippen molar-refractivity contribution in [2.24, 2.45) is 5.92 Å². The van der Waals surface area contributed by atoms with Crippen LogP contribution in [0.5, 0.6) is 0 Å². The van der Waals surface area contributed by atoms with Gasteiger partial charge in [-0.2, -0.15) is 5.26 Å². The second-order valence-electron chi connectivity index (χ2n) is 4.11. The fourth-order valence-corrected chi connectivity index (χ4v) is 1.81. The fraction of sp³-hybridized carbons (Fsp3) is 0.429. The maximum absolute atomic E-state index is 13.5. The third kappa shape index (κ3) is 3.30. The van der Waals surface area contributed by atoms with Gasteiger partial charge in [0.1, 0.15) is 11.9 Å². The molecule has 1 atom stereocenters. The van der Waals surface area contributed by atoms with E-state index in [1.165, 1.54) is 12.1 Å². The minimum atomic E-state index is -0.931. The van der Waals surface area contributed by atoms with Gasteiger partial charge in [-0.3, -0.25) is 4.79 Å². The molecule has 0 spiro atoms. The van der Waals surface area contributed by atoms with Crippen molar-refractivity contribution in [3.05, 3.63) is 35.6 Å². The first-order chi connectivity index (χ1) is 8.63. The number of halogens is 1. The average Bonchev–Trinajstić information content (AvgIpc) is 2.38. The molecule has 1 rings (SSSR count). The van der Waals surface area contributed by atoms with Crippen LogP contribution in [-0.4, -0.2) is 5.91 Å². The largest absolute Gasteiger partial charge is 0.336 e. The normalized spacial score (nSPS) is 11.9. The monoisotopic (exact) mass is 248 g/mol. The third-order valence-electron chi connectivity index (χ3n) is 2.99. The molecule has 0 fully saturated rings. The molecule has 96 valence electrons. The zero-order valence-corrected chi connectivity index (χ0v) is 10.6. The molecule has 0 bridgehead atoms. The molecule has 0 aromatic heterocycles. The molecule has 1 amide bonds. The van der Waals surface area contributed by atoms with Crippen molar-refractivity contribution in [3.63, 3.8) is 0 Å². The molecule has 3 nitrogen and oxygen atoms in total. The number of nitriles is 1. The van der Waals surface area contributed by atoms with E-state index in [1.807, 2.05) is 19.9 Å². The van der Waals surface area contributed by atoms with E-state index in [1.54, 1.807) is 12.1 Å². The summed E-state index contributed by atoms with van der Waals surface area (Å²) < 4.78 is 13.5. The number of amides is 1. The Labute approximate surface area is 107 Å². The van der Waals surface area contributed by atoms with Gasteiger partial charge >= 0.3 is 0 Å². The van der Waals surface area contributed by atoms with Crippen LogP contribution in [0.4, 0.5) is 4.39 Å². The summed E-state index contributed by atoms with van der Waals surface area (Å²) in [5.74, 6) is -0.809. The first-order valence-corrected chi connectivity index (χ1v) is 6.08. The summed E-state index contributed by atoms with van der Waals surface area (Å²) in [7, 11) is 0. The van der Waals surface area contributed by atoms with Gasteiger partial charge in [-0.15, -0.1) is 0 Å². The summed E-state index contributed by atoms with van der Waals surface area (Å²) in [6, 6.07) is 6.98. The van der Waals surface area contributed by atoms with Crippen molar-refractivity contribution in [2.45, 2.75) is 32.7 Å². The van der Waals surface area contributed by atoms with Crippen molar-refractivity contribution in [3.8, 4) is 6.07 Å². The first-order valence-electron chi connectivity index (χ1n) is 6.08. The predicted molar refractivity (Wildman–Crippen MR) is 67.0 cm³/mol. The molecule has 0 saturated heterocycles. The Morgan fingerprint density at radius 1 is 1.39 bits per heavy atom. The lowest BCUT2D eigenvalue weighted by atomic mass is 10.0. The van der Waals surface area contributed by atoms with Crippen LogP contribution in [0.1, 0.15) is 38.3 Å². The molecule has 0 heterocycles. The van der Waals surface area contributed by atoms with E-state index in [2.05, 4.69) is 5.32 Å². The average molecular weight is 248 g/mol. The molecule has 1 unspecified atom stereocenters. The summed E-state index contributed by atoms with van der Waals surface area (Å²) >= 11 is 0. The molecule has 18 heavy (non-hydrogen) atoms. The van der Waals surface area contributed by atoms with Gasteiger partial charge in [-0.05, 0) is 18.9 Å². The van der Waals surface area contributed by atoms with E-state index in [0.717, 1.165) is 0 Å². The molecule has 0 aliphatic heterocycles. The molecule has 1 N–H and O–H groups in total. The molecule has 1 aromatic carbocycles. The van der Waals surface area contributed by atoms with Crippen molar-refractivity contribution in [2.75, 3.05) is 0 Å². The number of rotatable bonds is 5. The number of nitrogens with one attached hydrogen (secondary N) is 1. The van der Waals surface area contributed by atoms with Crippen LogP contribution in [0.2, 0.25) is 0 Å². The van der Waals surface area contributed by atoms with Crippen LogP contribution >= 0.6 is 0 Å². The zero-order chi connectivity index (χ0) is 13.5. The standard InChI is InChI=1S/C14H17FN2O/c1-3-10(4-2)14(18)17-13(9-16)11-7-5-6-8-12(11)15/h5-8,10,13H,3-4H2,1-2H3,(H,17,18). The number of carbonyl (C=O) groups is 1. The summed E-state index contributed by atoms with van der Waals surface area (Å²) in [4.78, 5) is 11.9. The Kier molecular flexibility index (Phi) is 5.31. The van der Waals surface area contributed by atoms with Gasteiger partial charge in [0.15, 0.2) is 0 Å². The van der Waals surface area contributed by atoms with E-state index in [-0.39, 0.29) is 17.4 Å². The Bertz CT molecular complexity index is 449. The van der Waals surface area contributed by atoms with Crippen LogP contribution in [0, 0.1) is 23.1 Å². The Hall–Kier alpha value is -1.89. The second-order valence-corrected chi connectivity index (χ2v) is 4.11. The van der Waals surface area contributed by atoms with Gasteiger partial charge in [0.05, 0.1) is 6.07 Å². The molecule has 0 saturated carbocycles. The predicted octanol–water partition coefficient (Wildman–Crippen LogP) is 2.94. The van der Waals surface area contributed by atoms with Crippen molar-refractivity contribution in [1.29, 1.82) is 5.26 Å². The lowest BCUT2D eigenvalue weighted by Gasteiger charge is -2.17.